The number of hydrogen-bond acceptors (Lipinski definition) is 9. The molecule has 0 aromatic heterocycles. The van der Waals surface area contributed by atoms with E-state index >= 15 is 0 Å². The summed E-state index contributed by atoms with van der Waals surface area (Å²) >= 11 is 0. The second kappa shape index (κ2) is 13.2. The largest absolute Gasteiger partial charge is 0.481 e. The molecule has 12 heteroatoms. The standard InChI is InChI=1S/C27H36O12/c1-16(2)19(28)37-10-7-25(22(31)32)13-26(23(33)34,8-11-38-20(29)17(3)4)15-27(14-25,24(35)36)9-12-39-21(30)18(5)6/h1,3,5,7-15H2,2,4,6H3,(H,31,32)(H,33,34)(H,35,36). The molecule has 1 fully saturated rings. The summed E-state index contributed by atoms with van der Waals surface area (Å²) in [5.74, 6) is -6.83. The summed E-state index contributed by atoms with van der Waals surface area (Å²) in [4.78, 5) is 73.8. The Kier molecular flexibility index (Phi) is 11.2. The van der Waals surface area contributed by atoms with Gasteiger partial charge in [-0.25, -0.2) is 14.4 Å². The van der Waals surface area contributed by atoms with Crippen molar-refractivity contribution in [2.45, 2.75) is 59.3 Å². The van der Waals surface area contributed by atoms with Gasteiger partial charge in [-0.3, -0.25) is 14.4 Å². The first-order chi connectivity index (χ1) is 17.9. The fourth-order valence-corrected chi connectivity index (χ4v) is 4.82. The minimum Gasteiger partial charge on any atom is -0.481 e. The first-order valence-corrected chi connectivity index (χ1v) is 12.1. The van der Waals surface area contributed by atoms with E-state index < -0.39 is 110 Å². The number of aliphatic carboxylic acids is 3. The van der Waals surface area contributed by atoms with Crippen molar-refractivity contribution in [2.75, 3.05) is 19.8 Å². The minimum absolute atomic E-state index is 0.0569. The van der Waals surface area contributed by atoms with Crippen LogP contribution in [-0.4, -0.2) is 71.0 Å². The number of carboxylic acid groups (broad SMARTS) is 3. The van der Waals surface area contributed by atoms with Crippen molar-refractivity contribution >= 4 is 35.8 Å². The Morgan fingerprint density at radius 2 is 0.744 bits per heavy atom. The zero-order valence-corrected chi connectivity index (χ0v) is 22.5. The van der Waals surface area contributed by atoms with Crippen molar-refractivity contribution < 1.29 is 58.3 Å². The quantitative estimate of drug-likeness (QED) is 0.153. The maximum absolute atomic E-state index is 12.7. The average molecular weight is 553 g/mol. The lowest BCUT2D eigenvalue weighted by Crippen LogP contribution is -2.56. The third-order valence-corrected chi connectivity index (χ3v) is 6.88. The molecule has 0 radical (unpaired) electrons. The molecular weight excluding hydrogens is 516 g/mol. The number of carboxylic acids is 3. The van der Waals surface area contributed by atoms with Crippen molar-refractivity contribution in [3.05, 3.63) is 36.5 Å². The monoisotopic (exact) mass is 552 g/mol. The molecule has 0 atom stereocenters. The van der Waals surface area contributed by atoms with E-state index in [1.807, 2.05) is 0 Å². The van der Waals surface area contributed by atoms with E-state index in [1.165, 1.54) is 20.8 Å². The normalized spacial score (nSPS) is 24.1. The molecule has 39 heavy (non-hydrogen) atoms. The SMILES string of the molecule is C=C(C)C(=O)OCCC1(C(=O)O)CC(CCOC(=O)C(=C)C)(C(=O)O)CC(CCOC(=O)C(=C)C)(C(=O)O)C1. The first-order valence-electron chi connectivity index (χ1n) is 12.1. The molecule has 0 amide bonds. The first kappa shape index (κ1) is 33.1. The van der Waals surface area contributed by atoms with Gasteiger partial charge >= 0.3 is 35.8 Å². The van der Waals surface area contributed by atoms with E-state index in [-0.39, 0.29) is 16.7 Å². The van der Waals surface area contributed by atoms with Gasteiger partial charge in [0.25, 0.3) is 0 Å². The van der Waals surface area contributed by atoms with Crippen LogP contribution < -0.4 is 0 Å². The molecule has 0 unspecified atom stereocenters. The highest BCUT2D eigenvalue weighted by Crippen LogP contribution is 2.59. The molecule has 0 aromatic carbocycles. The summed E-state index contributed by atoms with van der Waals surface area (Å²) in [5, 5.41) is 31.0. The van der Waals surface area contributed by atoms with Gasteiger partial charge in [-0.05, 0) is 59.3 Å². The Balaban J connectivity index is 3.56. The van der Waals surface area contributed by atoms with Crippen LogP contribution in [0, 0.1) is 16.2 Å². The van der Waals surface area contributed by atoms with Gasteiger partial charge in [-0.2, -0.15) is 0 Å². The van der Waals surface area contributed by atoms with Crippen LogP contribution in [0.15, 0.2) is 36.5 Å². The number of carbonyl (C=O) groups is 6. The summed E-state index contributed by atoms with van der Waals surface area (Å²) in [5.41, 5.74) is -5.74. The summed E-state index contributed by atoms with van der Waals surface area (Å²) in [6.45, 7) is 13.2. The lowest BCUT2D eigenvalue weighted by atomic mass is 9.50. The van der Waals surface area contributed by atoms with Crippen molar-refractivity contribution in [2.24, 2.45) is 16.2 Å². The summed E-state index contributed by atoms with van der Waals surface area (Å²) in [7, 11) is 0. The Hall–Kier alpha value is -3.96. The number of rotatable bonds is 15. The molecule has 0 aliphatic heterocycles. The van der Waals surface area contributed by atoms with Gasteiger partial charge in [0.1, 0.15) is 0 Å². The fourth-order valence-electron chi connectivity index (χ4n) is 4.82. The van der Waals surface area contributed by atoms with E-state index in [0.717, 1.165) is 0 Å². The summed E-state index contributed by atoms with van der Waals surface area (Å²) < 4.78 is 15.2. The van der Waals surface area contributed by atoms with Gasteiger partial charge in [0, 0.05) is 16.7 Å². The lowest BCUT2D eigenvalue weighted by Gasteiger charge is -2.51. The molecule has 0 bridgehead atoms. The molecule has 3 N–H and O–H groups in total. The minimum atomic E-state index is -1.97. The van der Waals surface area contributed by atoms with E-state index in [2.05, 4.69) is 19.7 Å². The number of ether oxygens (including phenoxy) is 3. The topological polar surface area (TPSA) is 191 Å². The van der Waals surface area contributed by atoms with Gasteiger partial charge in [0.15, 0.2) is 0 Å². The Labute approximate surface area is 226 Å². The predicted octanol–water partition coefficient (Wildman–Crippen LogP) is 2.91. The predicted molar refractivity (Wildman–Crippen MR) is 135 cm³/mol. The molecule has 1 saturated carbocycles. The maximum atomic E-state index is 12.7. The molecule has 0 spiro atoms. The maximum Gasteiger partial charge on any atom is 0.333 e. The van der Waals surface area contributed by atoms with Crippen molar-refractivity contribution in [3.63, 3.8) is 0 Å². The van der Waals surface area contributed by atoms with Crippen LogP contribution >= 0.6 is 0 Å². The number of carbonyl (C=O) groups excluding carboxylic acids is 3. The Morgan fingerprint density at radius 1 is 0.538 bits per heavy atom. The van der Waals surface area contributed by atoms with Crippen LogP contribution in [0.4, 0.5) is 0 Å². The van der Waals surface area contributed by atoms with E-state index in [0.29, 0.717) is 0 Å². The lowest BCUT2D eigenvalue weighted by molar-refractivity contribution is -0.185. The molecule has 216 valence electrons. The van der Waals surface area contributed by atoms with Crippen LogP contribution in [-0.2, 0) is 43.0 Å². The van der Waals surface area contributed by atoms with E-state index in [9.17, 15) is 44.1 Å². The highest BCUT2D eigenvalue weighted by Gasteiger charge is 2.63. The molecule has 0 aromatic rings. The highest BCUT2D eigenvalue weighted by atomic mass is 16.5. The second-order valence-electron chi connectivity index (χ2n) is 10.3. The van der Waals surface area contributed by atoms with Gasteiger partial charge in [-0.1, -0.05) is 19.7 Å². The van der Waals surface area contributed by atoms with Gasteiger partial charge in [0.05, 0.1) is 36.1 Å². The smallest absolute Gasteiger partial charge is 0.333 e. The van der Waals surface area contributed by atoms with E-state index in [1.54, 1.807) is 0 Å². The molecule has 1 aliphatic carbocycles. The molecule has 1 rings (SSSR count). The molecular formula is C27H36O12. The Bertz CT molecular complexity index is 928. The zero-order chi connectivity index (χ0) is 30.2. The van der Waals surface area contributed by atoms with Crippen LogP contribution in [0.3, 0.4) is 0 Å². The van der Waals surface area contributed by atoms with Crippen LogP contribution in [0.5, 0.6) is 0 Å². The number of hydrogen-bond donors (Lipinski definition) is 3. The van der Waals surface area contributed by atoms with Crippen LogP contribution in [0.2, 0.25) is 0 Å². The third kappa shape index (κ3) is 8.26. The Morgan fingerprint density at radius 3 is 0.897 bits per heavy atom. The molecule has 0 heterocycles. The number of esters is 3. The van der Waals surface area contributed by atoms with Crippen molar-refractivity contribution in [1.82, 2.24) is 0 Å². The zero-order valence-electron chi connectivity index (χ0n) is 22.5. The van der Waals surface area contributed by atoms with Crippen LogP contribution in [0.25, 0.3) is 0 Å². The second-order valence-corrected chi connectivity index (χ2v) is 10.3. The molecule has 1 aliphatic rings. The highest BCUT2D eigenvalue weighted by molar-refractivity contribution is 5.88. The van der Waals surface area contributed by atoms with Crippen molar-refractivity contribution in [1.29, 1.82) is 0 Å². The fraction of sp³-hybridized carbons (Fsp3) is 0.556. The van der Waals surface area contributed by atoms with Crippen molar-refractivity contribution in [3.8, 4) is 0 Å². The van der Waals surface area contributed by atoms with Gasteiger partial charge in [-0.15, -0.1) is 0 Å². The molecule has 12 nitrogen and oxygen atoms in total. The van der Waals surface area contributed by atoms with Gasteiger partial charge in [0.2, 0.25) is 0 Å². The summed E-state index contributed by atoms with van der Waals surface area (Å²) in [6.07, 6.45) is -2.78. The third-order valence-electron chi connectivity index (χ3n) is 6.88. The van der Waals surface area contributed by atoms with E-state index in [4.69, 9.17) is 14.2 Å². The molecule has 0 saturated heterocycles. The average Bonchev–Trinajstić information content (AvgIpc) is 2.83. The van der Waals surface area contributed by atoms with Gasteiger partial charge < -0.3 is 29.5 Å². The summed E-state index contributed by atoms with van der Waals surface area (Å²) in [6, 6.07) is 0. The van der Waals surface area contributed by atoms with Crippen LogP contribution in [0.1, 0.15) is 59.3 Å².